The Bertz CT molecular complexity index is 671. The van der Waals surface area contributed by atoms with Crippen LogP contribution < -0.4 is 0 Å². The van der Waals surface area contributed by atoms with Gasteiger partial charge in [-0.15, -0.1) is 0 Å². The number of aryl methyl sites for hydroxylation is 2. The fourth-order valence-electron chi connectivity index (χ4n) is 2.26. The second-order valence-corrected chi connectivity index (χ2v) is 6.58. The van der Waals surface area contributed by atoms with Gasteiger partial charge in [-0.1, -0.05) is 18.2 Å². The maximum absolute atomic E-state index is 12.2. The van der Waals surface area contributed by atoms with Crippen LogP contribution in [0.2, 0.25) is 0 Å². The van der Waals surface area contributed by atoms with Crippen LogP contribution in [0.4, 0.5) is 13.2 Å². The molecule has 0 aliphatic carbocycles. The van der Waals surface area contributed by atoms with Gasteiger partial charge in [-0.25, -0.2) is 0 Å². The fraction of sp³-hybridized carbons (Fsp3) is 0.500. The van der Waals surface area contributed by atoms with Gasteiger partial charge in [0.15, 0.2) is 0 Å². The lowest BCUT2D eigenvalue weighted by molar-refractivity contribution is -0.184. The summed E-state index contributed by atoms with van der Waals surface area (Å²) in [7, 11) is -3.30. The Morgan fingerprint density at radius 1 is 1.26 bits per heavy atom. The normalized spacial score (nSPS) is 12.3. The Hall–Kier alpha value is -1.61. The van der Waals surface area contributed by atoms with Crippen molar-refractivity contribution in [3.63, 3.8) is 0 Å². The molecule has 0 fully saturated rings. The summed E-state index contributed by atoms with van der Waals surface area (Å²) in [6, 6.07) is 4.72. The minimum absolute atomic E-state index is 0.0919. The molecule has 9 heteroatoms. The van der Waals surface area contributed by atoms with Gasteiger partial charge in [0, 0.05) is 13.6 Å². The Morgan fingerprint density at radius 2 is 1.87 bits per heavy atom. The molecule has 0 bridgehead atoms. The van der Waals surface area contributed by atoms with E-state index in [-0.39, 0.29) is 24.3 Å². The number of unbranched alkanes of at least 4 members (excludes halogenated alkanes) is 1. The lowest BCUT2D eigenvalue weighted by Crippen LogP contribution is -2.38. The van der Waals surface area contributed by atoms with Crippen molar-refractivity contribution in [1.29, 1.82) is 0 Å². The smallest absolute Gasteiger partial charge is 0.338 e. The second kappa shape index (κ2) is 7.31. The minimum Gasteiger partial charge on any atom is -0.338 e. The lowest BCUT2D eigenvalue weighted by Gasteiger charge is -2.18. The molecule has 0 atom stereocenters. The third-order valence-corrected chi connectivity index (χ3v) is 4.43. The van der Waals surface area contributed by atoms with Gasteiger partial charge in [-0.2, -0.15) is 21.6 Å². The molecule has 0 aliphatic heterocycles. The van der Waals surface area contributed by atoms with Crippen LogP contribution in [0.5, 0.6) is 0 Å². The van der Waals surface area contributed by atoms with Gasteiger partial charge in [0.25, 0.3) is 10.1 Å². The first-order chi connectivity index (χ1) is 10.4. The lowest BCUT2D eigenvalue weighted by atomic mass is 10.1. The average Bonchev–Trinajstić information content (AvgIpc) is 2.40. The van der Waals surface area contributed by atoms with Gasteiger partial charge in [-0.3, -0.25) is 9.35 Å². The van der Waals surface area contributed by atoms with Crippen molar-refractivity contribution in [2.75, 3.05) is 13.6 Å². The van der Waals surface area contributed by atoms with Crippen LogP contribution in [-0.2, 0) is 21.3 Å². The maximum atomic E-state index is 12.2. The van der Waals surface area contributed by atoms with Crippen LogP contribution in [0.25, 0.3) is 0 Å². The molecular weight excluding hydrogens is 335 g/mol. The first kappa shape index (κ1) is 19.4. The number of nitrogens with zero attached hydrogens (tertiary/aromatic N) is 1. The van der Waals surface area contributed by atoms with Gasteiger partial charge < -0.3 is 4.90 Å². The van der Waals surface area contributed by atoms with Crippen LogP contribution in [0, 0.1) is 6.92 Å². The number of carbonyl (C=O) groups excluding carboxylic acids is 1. The largest absolute Gasteiger partial charge is 0.471 e. The number of halogens is 3. The summed E-state index contributed by atoms with van der Waals surface area (Å²) in [6.07, 6.45) is -3.98. The number of benzene rings is 1. The van der Waals surface area contributed by atoms with Crippen molar-refractivity contribution >= 4 is 16.0 Å². The molecule has 23 heavy (non-hydrogen) atoms. The Morgan fingerprint density at radius 3 is 2.39 bits per heavy atom. The second-order valence-electron chi connectivity index (χ2n) is 5.22. The van der Waals surface area contributed by atoms with E-state index < -0.39 is 22.2 Å². The van der Waals surface area contributed by atoms with Gasteiger partial charge in [0.2, 0.25) is 0 Å². The third-order valence-electron chi connectivity index (χ3n) is 3.33. The van der Waals surface area contributed by atoms with Gasteiger partial charge >= 0.3 is 12.1 Å². The molecule has 1 rings (SSSR count). The highest BCUT2D eigenvalue weighted by Crippen LogP contribution is 2.22. The van der Waals surface area contributed by atoms with E-state index in [0.717, 1.165) is 7.05 Å². The molecule has 0 radical (unpaired) electrons. The standard InChI is InChI=1S/C14H18F3NO4S/c1-10-6-5-8-11(12(10)23(20,21)22)7-3-4-9-18(2)13(19)14(15,16)17/h5-6,8H,3-4,7,9H2,1-2H3,(H,20,21,22). The molecule has 0 saturated carbocycles. The van der Waals surface area contributed by atoms with Crippen LogP contribution in [0.1, 0.15) is 24.0 Å². The first-order valence-corrected chi connectivity index (χ1v) is 8.27. The van der Waals surface area contributed by atoms with Gasteiger partial charge in [0.05, 0.1) is 4.90 Å². The van der Waals surface area contributed by atoms with Gasteiger partial charge in [0.1, 0.15) is 0 Å². The summed E-state index contributed by atoms with van der Waals surface area (Å²) in [5, 5.41) is 0. The minimum atomic E-state index is -4.90. The van der Waals surface area contributed by atoms with Crippen molar-refractivity contribution in [3.05, 3.63) is 29.3 Å². The molecule has 0 saturated heterocycles. The summed E-state index contributed by atoms with van der Waals surface area (Å²) in [4.78, 5) is 11.4. The summed E-state index contributed by atoms with van der Waals surface area (Å²) < 4.78 is 68.7. The molecule has 130 valence electrons. The Labute approximate surface area is 132 Å². The van der Waals surface area contributed by atoms with Crippen LogP contribution in [-0.4, -0.2) is 43.5 Å². The van der Waals surface area contributed by atoms with E-state index in [1.54, 1.807) is 25.1 Å². The van der Waals surface area contributed by atoms with E-state index in [1.165, 1.54) is 0 Å². The topological polar surface area (TPSA) is 74.7 Å². The maximum Gasteiger partial charge on any atom is 0.471 e. The van der Waals surface area contributed by atoms with Gasteiger partial charge in [-0.05, 0) is 37.3 Å². The summed E-state index contributed by atoms with van der Waals surface area (Å²) in [5.74, 6) is -1.91. The molecule has 1 aromatic carbocycles. The van der Waals surface area contributed by atoms with Crippen LogP contribution in [0.3, 0.4) is 0 Å². The van der Waals surface area contributed by atoms with E-state index in [2.05, 4.69) is 0 Å². The SMILES string of the molecule is Cc1cccc(CCCCN(C)C(=O)C(F)(F)F)c1S(=O)(=O)O. The highest BCUT2D eigenvalue weighted by molar-refractivity contribution is 7.86. The summed E-state index contributed by atoms with van der Waals surface area (Å²) in [6.45, 7) is 1.45. The van der Waals surface area contributed by atoms with E-state index in [4.69, 9.17) is 0 Å². The van der Waals surface area contributed by atoms with E-state index in [9.17, 15) is 30.9 Å². The molecule has 5 nitrogen and oxygen atoms in total. The Balaban J connectivity index is 2.65. The molecule has 0 spiro atoms. The monoisotopic (exact) mass is 353 g/mol. The van der Waals surface area contributed by atoms with E-state index >= 15 is 0 Å². The highest BCUT2D eigenvalue weighted by atomic mass is 32.2. The number of hydrogen-bond donors (Lipinski definition) is 1. The zero-order valence-electron chi connectivity index (χ0n) is 12.7. The molecule has 0 heterocycles. The number of rotatable bonds is 6. The number of carbonyl (C=O) groups is 1. The predicted molar refractivity (Wildman–Crippen MR) is 77.6 cm³/mol. The molecule has 1 aromatic rings. The van der Waals surface area contributed by atoms with Crippen molar-refractivity contribution in [2.45, 2.75) is 37.3 Å². The van der Waals surface area contributed by atoms with E-state index in [1.807, 2.05) is 0 Å². The molecule has 0 aromatic heterocycles. The van der Waals surface area contributed by atoms with Crippen molar-refractivity contribution < 1.29 is 30.9 Å². The number of alkyl halides is 3. The molecule has 1 amide bonds. The highest BCUT2D eigenvalue weighted by Gasteiger charge is 2.40. The van der Waals surface area contributed by atoms with Crippen molar-refractivity contribution in [3.8, 4) is 0 Å². The fourth-order valence-corrected chi connectivity index (χ4v) is 3.24. The molecule has 1 N–H and O–H groups in total. The molecule has 0 unspecified atom stereocenters. The summed E-state index contributed by atoms with van der Waals surface area (Å²) >= 11 is 0. The third kappa shape index (κ3) is 5.51. The zero-order valence-corrected chi connectivity index (χ0v) is 13.5. The van der Waals surface area contributed by atoms with E-state index in [0.29, 0.717) is 22.4 Å². The molecular formula is C14H18F3NO4S. The quantitative estimate of drug-likeness (QED) is 0.630. The first-order valence-electron chi connectivity index (χ1n) is 6.83. The number of hydrogen-bond acceptors (Lipinski definition) is 3. The predicted octanol–water partition coefficient (Wildman–Crippen LogP) is 2.59. The van der Waals surface area contributed by atoms with Crippen molar-refractivity contribution in [2.24, 2.45) is 0 Å². The molecule has 0 aliphatic rings. The van der Waals surface area contributed by atoms with Crippen LogP contribution >= 0.6 is 0 Å². The van der Waals surface area contributed by atoms with Crippen LogP contribution in [0.15, 0.2) is 23.1 Å². The zero-order chi connectivity index (χ0) is 17.8. The Kier molecular flexibility index (Phi) is 6.18. The number of amides is 1. The summed E-state index contributed by atoms with van der Waals surface area (Å²) in [5.41, 5.74) is 0.798. The average molecular weight is 353 g/mol. The van der Waals surface area contributed by atoms with Crippen molar-refractivity contribution in [1.82, 2.24) is 4.90 Å².